The van der Waals surface area contributed by atoms with Gasteiger partial charge in [-0.2, -0.15) is 0 Å². The molecule has 0 heterocycles. The normalized spacial score (nSPS) is 18.2. The summed E-state index contributed by atoms with van der Waals surface area (Å²) in [5.74, 6) is -2.52. The predicted molar refractivity (Wildman–Crippen MR) is 104 cm³/mol. The molecular weight excluding hydrogens is 324 g/mol. The van der Waals surface area contributed by atoms with E-state index in [0.29, 0.717) is 10.9 Å². The van der Waals surface area contributed by atoms with E-state index in [9.17, 15) is 14.4 Å². The van der Waals surface area contributed by atoms with Gasteiger partial charge in [0.15, 0.2) is 5.78 Å². The fourth-order valence-electron chi connectivity index (χ4n) is 3.56. The molecule has 3 nitrogen and oxygen atoms in total. The van der Waals surface area contributed by atoms with Crippen LogP contribution in [0.4, 0.5) is 0 Å². The molecule has 0 amide bonds. The third-order valence-corrected chi connectivity index (χ3v) is 5.40. The number of allylic oxidation sites excluding steroid dienone is 1. The van der Waals surface area contributed by atoms with E-state index in [2.05, 4.69) is 27.4 Å². The lowest BCUT2D eigenvalue weighted by Crippen LogP contribution is -2.44. The summed E-state index contributed by atoms with van der Waals surface area (Å²) in [6.45, 7) is 13.5. The van der Waals surface area contributed by atoms with Crippen LogP contribution in [0.1, 0.15) is 60.9 Å². The van der Waals surface area contributed by atoms with E-state index in [1.807, 2.05) is 24.3 Å². The molecule has 0 bridgehead atoms. The zero-order chi connectivity index (χ0) is 19.4. The second kappa shape index (κ2) is 5.73. The van der Waals surface area contributed by atoms with Crippen molar-refractivity contribution < 1.29 is 14.4 Å². The number of fused-ring (bicyclic) bond motifs is 3. The largest absolute Gasteiger partial charge is 0.293 e. The van der Waals surface area contributed by atoms with Crippen molar-refractivity contribution in [2.24, 2.45) is 11.3 Å². The van der Waals surface area contributed by atoms with Gasteiger partial charge in [0, 0.05) is 11.1 Å². The third-order valence-electron chi connectivity index (χ3n) is 5.40. The van der Waals surface area contributed by atoms with Gasteiger partial charge in [0.05, 0.1) is 5.92 Å². The smallest absolute Gasteiger partial charge is 0.230 e. The number of benzene rings is 2. The summed E-state index contributed by atoms with van der Waals surface area (Å²) < 4.78 is 0. The van der Waals surface area contributed by atoms with E-state index in [1.54, 1.807) is 26.0 Å². The van der Waals surface area contributed by atoms with E-state index in [0.717, 1.165) is 10.9 Å². The number of ketones is 3. The second-order valence-electron chi connectivity index (χ2n) is 8.69. The molecule has 3 heteroatoms. The maximum absolute atomic E-state index is 13.1. The van der Waals surface area contributed by atoms with Crippen molar-refractivity contribution in [2.45, 2.75) is 40.0 Å². The molecule has 0 aromatic heterocycles. The Bertz CT molecular complexity index is 971. The topological polar surface area (TPSA) is 51.2 Å². The summed E-state index contributed by atoms with van der Waals surface area (Å²) in [5.41, 5.74) is 0.771. The summed E-state index contributed by atoms with van der Waals surface area (Å²) in [7, 11) is 0. The molecule has 26 heavy (non-hydrogen) atoms. The number of rotatable bonds is 2. The zero-order valence-corrected chi connectivity index (χ0v) is 16.0. The maximum Gasteiger partial charge on any atom is 0.230 e. The Morgan fingerprint density at radius 2 is 1.54 bits per heavy atom. The first-order chi connectivity index (χ1) is 12.0. The molecule has 0 N–H and O–H groups in total. The summed E-state index contributed by atoms with van der Waals surface area (Å²) in [5, 5.41) is 1.53. The number of carbonyl (C=O) groups is 3. The average molecular weight is 348 g/mol. The lowest BCUT2D eigenvalue weighted by atomic mass is 9.67. The van der Waals surface area contributed by atoms with E-state index in [-0.39, 0.29) is 16.8 Å². The lowest BCUT2D eigenvalue weighted by molar-refractivity contribution is -0.119. The van der Waals surface area contributed by atoms with Gasteiger partial charge in [0.1, 0.15) is 0 Å². The molecule has 0 radical (unpaired) electrons. The molecule has 0 fully saturated rings. The minimum absolute atomic E-state index is 0.101. The van der Waals surface area contributed by atoms with Crippen molar-refractivity contribution >= 4 is 28.1 Å². The molecule has 0 spiro atoms. The van der Waals surface area contributed by atoms with Crippen molar-refractivity contribution in [1.29, 1.82) is 0 Å². The van der Waals surface area contributed by atoms with Crippen LogP contribution in [0.15, 0.2) is 43.0 Å². The van der Waals surface area contributed by atoms with Gasteiger partial charge in [-0.25, -0.2) is 0 Å². The highest BCUT2D eigenvalue weighted by Gasteiger charge is 2.47. The fourth-order valence-corrected chi connectivity index (χ4v) is 3.56. The Balaban J connectivity index is 2.32. The molecule has 0 saturated carbocycles. The van der Waals surface area contributed by atoms with Crippen molar-refractivity contribution in [3.05, 3.63) is 59.7 Å². The van der Waals surface area contributed by atoms with Crippen LogP contribution < -0.4 is 0 Å². The molecule has 2 aromatic carbocycles. The van der Waals surface area contributed by atoms with Gasteiger partial charge in [0.25, 0.3) is 0 Å². The van der Waals surface area contributed by atoms with Crippen LogP contribution in [0.2, 0.25) is 0 Å². The van der Waals surface area contributed by atoms with Crippen LogP contribution in [0.3, 0.4) is 0 Å². The van der Waals surface area contributed by atoms with Crippen LogP contribution >= 0.6 is 0 Å². The van der Waals surface area contributed by atoms with Gasteiger partial charge < -0.3 is 0 Å². The standard InChI is InChI=1S/C23H24O3/c1-7-23(5,6)18-19(24)15-11-9-13-8-10-14(22(2,3)4)12-16(13)17(15)20(25)21(18)26/h7-12,18H,1H2,2-6H3. The minimum atomic E-state index is -1.01. The van der Waals surface area contributed by atoms with Crippen molar-refractivity contribution in [2.75, 3.05) is 0 Å². The third kappa shape index (κ3) is 2.63. The van der Waals surface area contributed by atoms with Gasteiger partial charge >= 0.3 is 0 Å². The summed E-state index contributed by atoms with van der Waals surface area (Å²) in [4.78, 5) is 38.9. The van der Waals surface area contributed by atoms with Crippen LogP contribution in [0.5, 0.6) is 0 Å². The van der Waals surface area contributed by atoms with E-state index in [4.69, 9.17) is 0 Å². The van der Waals surface area contributed by atoms with Gasteiger partial charge in [-0.05, 0) is 39.3 Å². The van der Waals surface area contributed by atoms with E-state index < -0.39 is 22.9 Å². The van der Waals surface area contributed by atoms with Gasteiger partial charge in [-0.3, -0.25) is 14.4 Å². The molecular formula is C23H24O3. The molecule has 0 saturated heterocycles. The Kier molecular flexibility index (Phi) is 4.02. The first kappa shape index (κ1) is 18.2. The average Bonchev–Trinajstić information content (AvgIpc) is 2.57. The molecule has 1 aliphatic carbocycles. The maximum atomic E-state index is 13.1. The monoisotopic (exact) mass is 348 g/mol. The Morgan fingerprint density at radius 1 is 0.923 bits per heavy atom. The summed E-state index contributed by atoms with van der Waals surface area (Å²) >= 11 is 0. The van der Waals surface area contributed by atoms with Crippen LogP contribution in [-0.4, -0.2) is 17.3 Å². The highest BCUT2D eigenvalue weighted by molar-refractivity contribution is 6.53. The SMILES string of the molecule is C=CC(C)(C)C1C(=O)C(=O)c2c(ccc3ccc(C(C)(C)C)cc23)C1=O. The van der Waals surface area contributed by atoms with Gasteiger partial charge in [-0.1, -0.05) is 58.9 Å². The van der Waals surface area contributed by atoms with Crippen molar-refractivity contribution in [1.82, 2.24) is 0 Å². The molecule has 134 valence electrons. The highest BCUT2D eigenvalue weighted by Crippen LogP contribution is 2.39. The number of carbonyl (C=O) groups excluding carboxylic acids is 3. The Labute approximate surface area is 154 Å². The first-order valence-corrected chi connectivity index (χ1v) is 8.82. The van der Waals surface area contributed by atoms with E-state index >= 15 is 0 Å². The summed E-state index contributed by atoms with van der Waals surface area (Å²) in [6.07, 6.45) is 1.57. The molecule has 0 aliphatic heterocycles. The minimum Gasteiger partial charge on any atom is -0.293 e. The molecule has 1 aliphatic rings. The first-order valence-electron chi connectivity index (χ1n) is 8.82. The fraction of sp³-hybridized carbons (Fsp3) is 0.348. The second-order valence-corrected chi connectivity index (χ2v) is 8.69. The van der Waals surface area contributed by atoms with Gasteiger partial charge in [0.2, 0.25) is 11.6 Å². The van der Waals surface area contributed by atoms with E-state index in [1.165, 1.54) is 0 Å². The lowest BCUT2D eigenvalue weighted by Gasteiger charge is -2.32. The molecule has 2 aromatic rings. The van der Waals surface area contributed by atoms with Gasteiger partial charge in [-0.15, -0.1) is 6.58 Å². The Morgan fingerprint density at radius 3 is 2.12 bits per heavy atom. The quantitative estimate of drug-likeness (QED) is 0.440. The highest BCUT2D eigenvalue weighted by atomic mass is 16.2. The number of hydrogen-bond acceptors (Lipinski definition) is 3. The molecule has 1 unspecified atom stereocenters. The van der Waals surface area contributed by atoms with Crippen LogP contribution in [0, 0.1) is 11.3 Å². The van der Waals surface area contributed by atoms with Crippen LogP contribution in [-0.2, 0) is 10.2 Å². The zero-order valence-electron chi connectivity index (χ0n) is 16.0. The van der Waals surface area contributed by atoms with Crippen molar-refractivity contribution in [3.8, 4) is 0 Å². The summed E-state index contributed by atoms with van der Waals surface area (Å²) in [6, 6.07) is 9.42. The Hall–Kier alpha value is -2.55. The number of hydrogen-bond donors (Lipinski definition) is 0. The van der Waals surface area contributed by atoms with Crippen LogP contribution in [0.25, 0.3) is 10.8 Å². The van der Waals surface area contributed by atoms with Crippen molar-refractivity contribution in [3.63, 3.8) is 0 Å². The molecule has 3 rings (SSSR count). The number of Topliss-reactive ketones (excluding diaryl/α,β-unsaturated/α-hetero) is 3. The molecule has 1 atom stereocenters. The predicted octanol–water partition coefficient (Wildman–Crippen LogP) is 4.91.